The maximum atomic E-state index is 4.01. The van der Waals surface area contributed by atoms with Crippen molar-refractivity contribution in [2.45, 2.75) is 46.6 Å². The van der Waals surface area contributed by atoms with E-state index < -0.39 is 0 Å². The summed E-state index contributed by atoms with van der Waals surface area (Å²) in [6.07, 6.45) is 3.35. The summed E-state index contributed by atoms with van der Waals surface area (Å²) < 4.78 is 1.92. The number of hydrogen-bond acceptors (Lipinski definition) is 3. The summed E-state index contributed by atoms with van der Waals surface area (Å²) in [6.45, 7) is 7.44. The molecule has 1 aromatic rings. The van der Waals surface area contributed by atoms with E-state index in [1.165, 1.54) is 12.8 Å². The average molecular weight is 182 g/mol. The molecule has 0 saturated carbocycles. The molecule has 0 radical (unpaired) electrons. The first kappa shape index (κ1) is 10.2. The van der Waals surface area contributed by atoms with Crippen molar-refractivity contribution < 1.29 is 0 Å². The van der Waals surface area contributed by atoms with Crippen LogP contribution in [0.2, 0.25) is 0 Å². The molecule has 1 rings (SSSR count). The molecule has 0 N–H and O–H groups in total. The van der Waals surface area contributed by atoms with E-state index in [-0.39, 0.29) is 0 Å². The van der Waals surface area contributed by atoms with E-state index in [1.54, 1.807) is 0 Å². The standard InChI is InChI=1S/C9H18N4/c1-4-5-6-9-10-11-12-13(9)7-8(2)3/h8H,4-7H2,1-3H3. The first-order chi connectivity index (χ1) is 6.24. The summed E-state index contributed by atoms with van der Waals surface area (Å²) in [5.74, 6) is 1.62. The predicted molar refractivity (Wildman–Crippen MR) is 51.3 cm³/mol. The van der Waals surface area contributed by atoms with Gasteiger partial charge in [0.2, 0.25) is 0 Å². The molecule has 0 aliphatic rings. The van der Waals surface area contributed by atoms with Crippen molar-refractivity contribution in [3.63, 3.8) is 0 Å². The van der Waals surface area contributed by atoms with Crippen molar-refractivity contribution >= 4 is 0 Å². The molecule has 0 aromatic carbocycles. The lowest BCUT2D eigenvalue weighted by atomic mass is 10.2. The molecule has 1 heterocycles. The van der Waals surface area contributed by atoms with Gasteiger partial charge in [0.1, 0.15) is 0 Å². The third-order valence-electron chi connectivity index (χ3n) is 1.90. The molecule has 0 amide bonds. The van der Waals surface area contributed by atoms with Gasteiger partial charge in [-0.25, -0.2) is 4.68 Å². The quantitative estimate of drug-likeness (QED) is 0.695. The minimum absolute atomic E-state index is 0.601. The highest BCUT2D eigenvalue weighted by molar-refractivity contribution is 4.80. The predicted octanol–water partition coefficient (Wildman–Crippen LogP) is 1.67. The topological polar surface area (TPSA) is 43.6 Å². The molecule has 1 aromatic heterocycles. The SMILES string of the molecule is CCCCc1nnnn1CC(C)C. The van der Waals surface area contributed by atoms with Crippen LogP contribution < -0.4 is 0 Å². The van der Waals surface area contributed by atoms with E-state index in [0.717, 1.165) is 18.8 Å². The maximum Gasteiger partial charge on any atom is 0.151 e. The van der Waals surface area contributed by atoms with E-state index in [1.807, 2.05) is 4.68 Å². The van der Waals surface area contributed by atoms with Crippen LogP contribution in [0.25, 0.3) is 0 Å². The summed E-state index contributed by atoms with van der Waals surface area (Å²) in [7, 11) is 0. The van der Waals surface area contributed by atoms with Crippen molar-refractivity contribution in [2.24, 2.45) is 5.92 Å². The second-order valence-electron chi connectivity index (χ2n) is 3.77. The minimum Gasteiger partial charge on any atom is -0.229 e. The largest absolute Gasteiger partial charge is 0.229 e. The summed E-state index contributed by atoms with van der Waals surface area (Å²) in [4.78, 5) is 0. The Morgan fingerprint density at radius 2 is 2.15 bits per heavy atom. The molecule has 74 valence electrons. The second-order valence-corrected chi connectivity index (χ2v) is 3.77. The molecule has 0 atom stereocenters. The lowest BCUT2D eigenvalue weighted by molar-refractivity contribution is 0.456. The Labute approximate surface area is 79.3 Å². The molecule has 0 bridgehead atoms. The number of hydrogen-bond donors (Lipinski definition) is 0. The van der Waals surface area contributed by atoms with E-state index >= 15 is 0 Å². The third-order valence-corrected chi connectivity index (χ3v) is 1.90. The van der Waals surface area contributed by atoms with Gasteiger partial charge in [-0.2, -0.15) is 0 Å². The summed E-state index contributed by atoms with van der Waals surface area (Å²) in [5.41, 5.74) is 0. The first-order valence-corrected chi connectivity index (χ1v) is 4.99. The van der Waals surface area contributed by atoms with Gasteiger partial charge in [0.05, 0.1) is 0 Å². The molecule has 0 aliphatic carbocycles. The fourth-order valence-corrected chi connectivity index (χ4v) is 1.22. The molecule has 0 unspecified atom stereocenters. The molecule has 0 aliphatic heterocycles. The lowest BCUT2D eigenvalue weighted by Gasteiger charge is -2.05. The van der Waals surface area contributed by atoms with E-state index in [0.29, 0.717) is 5.92 Å². The van der Waals surface area contributed by atoms with Gasteiger partial charge in [-0.15, -0.1) is 5.10 Å². The van der Waals surface area contributed by atoms with E-state index in [9.17, 15) is 0 Å². The van der Waals surface area contributed by atoms with Gasteiger partial charge >= 0.3 is 0 Å². The number of aryl methyl sites for hydroxylation is 1. The monoisotopic (exact) mass is 182 g/mol. The van der Waals surface area contributed by atoms with Crippen LogP contribution in [-0.4, -0.2) is 20.2 Å². The highest BCUT2D eigenvalue weighted by Gasteiger charge is 2.06. The average Bonchev–Trinajstić information content (AvgIpc) is 2.48. The molecule has 13 heavy (non-hydrogen) atoms. The summed E-state index contributed by atoms with van der Waals surface area (Å²) in [5, 5.41) is 11.7. The number of nitrogens with zero attached hydrogens (tertiary/aromatic N) is 4. The van der Waals surface area contributed by atoms with Gasteiger partial charge in [0, 0.05) is 13.0 Å². The zero-order valence-corrected chi connectivity index (χ0v) is 8.69. The molecule has 4 nitrogen and oxygen atoms in total. The third kappa shape index (κ3) is 3.13. The molecular weight excluding hydrogens is 164 g/mol. The highest BCUT2D eigenvalue weighted by atomic mass is 15.5. The highest BCUT2D eigenvalue weighted by Crippen LogP contribution is 2.03. The maximum absolute atomic E-state index is 4.01. The van der Waals surface area contributed by atoms with Crippen LogP contribution >= 0.6 is 0 Å². The van der Waals surface area contributed by atoms with Crippen LogP contribution in [0.15, 0.2) is 0 Å². The summed E-state index contributed by atoms with van der Waals surface area (Å²) >= 11 is 0. The van der Waals surface area contributed by atoms with Crippen LogP contribution in [0.4, 0.5) is 0 Å². The fourth-order valence-electron chi connectivity index (χ4n) is 1.22. The van der Waals surface area contributed by atoms with Crippen molar-refractivity contribution in [2.75, 3.05) is 0 Å². The zero-order chi connectivity index (χ0) is 9.68. The first-order valence-electron chi connectivity index (χ1n) is 4.99. The van der Waals surface area contributed by atoms with Gasteiger partial charge in [0.25, 0.3) is 0 Å². The second kappa shape index (κ2) is 4.94. The Bertz CT molecular complexity index is 242. The lowest BCUT2D eigenvalue weighted by Crippen LogP contribution is -2.10. The van der Waals surface area contributed by atoms with Crippen molar-refractivity contribution in [3.8, 4) is 0 Å². The molecular formula is C9H18N4. The van der Waals surface area contributed by atoms with E-state index in [2.05, 4.69) is 36.3 Å². The number of rotatable bonds is 5. The molecule has 0 fully saturated rings. The molecule has 0 saturated heterocycles. The molecule has 0 spiro atoms. The molecule has 4 heteroatoms. The van der Waals surface area contributed by atoms with Crippen LogP contribution in [-0.2, 0) is 13.0 Å². The van der Waals surface area contributed by atoms with E-state index in [4.69, 9.17) is 0 Å². The Hall–Kier alpha value is -0.930. The van der Waals surface area contributed by atoms with Crippen LogP contribution in [0, 0.1) is 5.92 Å². The number of aromatic nitrogens is 4. The smallest absolute Gasteiger partial charge is 0.151 e. The van der Waals surface area contributed by atoms with Gasteiger partial charge in [-0.3, -0.25) is 0 Å². The normalized spacial score (nSPS) is 11.1. The van der Waals surface area contributed by atoms with Gasteiger partial charge in [-0.1, -0.05) is 27.2 Å². The Morgan fingerprint density at radius 1 is 1.38 bits per heavy atom. The Kier molecular flexibility index (Phi) is 3.86. The van der Waals surface area contributed by atoms with Gasteiger partial charge in [-0.05, 0) is 22.8 Å². The van der Waals surface area contributed by atoms with Crippen LogP contribution in [0.3, 0.4) is 0 Å². The van der Waals surface area contributed by atoms with Gasteiger partial charge < -0.3 is 0 Å². The zero-order valence-electron chi connectivity index (χ0n) is 8.69. The fraction of sp³-hybridized carbons (Fsp3) is 0.889. The van der Waals surface area contributed by atoms with Crippen LogP contribution in [0.1, 0.15) is 39.4 Å². The number of unbranched alkanes of at least 4 members (excludes halogenated alkanes) is 1. The van der Waals surface area contributed by atoms with Crippen molar-refractivity contribution in [3.05, 3.63) is 5.82 Å². The van der Waals surface area contributed by atoms with Crippen molar-refractivity contribution in [1.82, 2.24) is 20.2 Å². The van der Waals surface area contributed by atoms with Gasteiger partial charge in [0.15, 0.2) is 5.82 Å². The minimum atomic E-state index is 0.601. The number of tetrazole rings is 1. The van der Waals surface area contributed by atoms with Crippen molar-refractivity contribution in [1.29, 1.82) is 0 Å². The van der Waals surface area contributed by atoms with Crippen LogP contribution in [0.5, 0.6) is 0 Å². The summed E-state index contributed by atoms with van der Waals surface area (Å²) in [6, 6.07) is 0. The Morgan fingerprint density at radius 3 is 2.77 bits per heavy atom. The Balaban J connectivity index is 2.55.